The van der Waals surface area contributed by atoms with E-state index in [1.54, 1.807) is 41.2 Å². The minimum Gasteiger partial charge on any atom is -0.497 e. The van der Waals surface area contributed by atoms with Gasteiger partial charge in [-0.3, -0.25) is 9.59 Å². The van der Waals surface area contributed by atoms with Crippen molar-refractivity contribution in [2.75, 3.05) is 38.6 Å². The molecular weight excluding hydrogens is 444 g/mol. The van der Waals surface area contributed by atoms with E-state index in [-0.39, 0.29) is 23.8 Å². The van der Waals surface area contributed by atoms with Crippen molar-refractivity contribution >= 4 is 23.5 Å². The number of nitrogens with zero attached hydrogens (tertiary/aromatic N) is 2. The molecule has 1 saturated heterocycles. The first-order valence-corrected chi connectivity index (χ1v) is 12.2. The lowest BCUT2D eigenvalue weighted by Gasteiger charge is -2.37. The van der Waals surface area contributed by atoms with Crippen LogP contribution in [0, 0.1) is 12.8 Å². The van der Waals surface area contributed by atoms with E-state index in [1.807, 2.05) is 45.0 Å². The number of anilines is 1. The number of hydrogen-bond acceptors (Lipinski definition) is 4. The van der Waals surface area contributed by atoms with E-state index in [0.717, 1.165) is 11.3 Å². The summed E-state index contributed by atoms with van der Waals surface area (Å²) < 4.78 is 5.17. The number of likely N-dealkylation sites (N-methyl/N-ethyl adjacent to an activating group) is 1. The number of urea groups is 1. The Morgan fingerprint density at radius 2 is 1.60 bits per heavy atom. The predicted molar refractivity (Wildman–Crippen MR) is 137 cm³/mol. The fourth-order valence-corrected chi connectivity index (χ4v) is 4.36. The summed E-state index contributed by atoms with van der Waals surface area (Å²) >= 11 is 0. The fourth-order valence-electron chi connectivity index (χ4n) is 4.36. The van der Waals surface area contributed by atoms with E-state index in [1.165, 1.54) is 0 Å². The number of carbonyl (C=O) groups is 3. The lowest BCUT2D eigenvalue weighted by atomic mass is 9.88. The third-order valence-corrected chi connectivity index (χ3v) is 6.58. The molecule has 3 rings (SSSR count). The van der Waals surface area contributed by atoms with Crippen LogP contribution in [0.4, 0.5) is 10.5 Å². The maximum Gasteiger partial charge on any atom is 0.321 e. The van der Waals surface area contributed by atoms with Crippen molar-refractivity contribution in [1.82, 2.24) is 15.1 Å². The highest BCUT2D eigenvalue weighted by Gasteiger charge is 2.35. The standard InChI is InChI=1S/C27H36N4O4/c1-5-30(6-2)26(33)24(29-25(32)21-9-13-23(35-4)14-10-21)20-15-17-31(18-16-20)27(34)28-22-11-7-19(3)8-12-22/h7-14,20,24H,5-6,15-18H2,1-4H3,(H,28,34)(H,29,32)/t24-/m0/s1. The van der Waals surface area contributed by atoms with Crippen molar-refractivity contribution in [2.24, 2.45) is 5.92 Å². The molecule has 2 aromatic carbocycles. The number of carbonyl (C=O) groups excluding carboxylic acids is 3. The number of benzene rings is 2. The molecule has 0 bridgehead atoms. The van der Waals surface area contributed by atoms with Gasteiger partial charge in [0.25, 0.3) is 5.91 Å². The Bertz CT molecular complexity index is 995. The molecule has 0 saturated carbocycles. The minimum atomic E-state index is -0.646. The Hall–Kier alpha value is -3.55. The molecule has 1 atom stereocenters. The van der Waals surface area contributed by atoms with Gasteiger partial charge in [0.1, 0.15) is 11.8 Å². The zero-order valence-electron chi connectivity index (χ0n) is 21.0. The molecular formula is C27H36N4O4. The summed E-state index contributed by atoms with van der Waals surface area (Å²) in [5.74, 6) is 0.222. The van der Waals surface area contributed by atoms with Crippen molar-refractivity contribution in [1.29, 1.82) is 0 Å². The van der Waals surface area contributed by atoms with E-state index in [0.29, 0.717) is 50.3 Å². The summed E-state index contributed by atoms with van der Waals surface area (Å²) in [6.07, 6.45) is 1.25. The Kier molecular flexibility index (Phi) is 9.11. The third kappa shape index (κ3) is 6.74. The number of likely N-dealkylation sites (tertiary alicyclic amines) is 1. The van der Waals surface area contributed by atoms with Crippen LogP contribution in [-0.4, -0.2) is 67.0 Å². The minimum absolute atomic E-state index is 0.0614. The lowest BCUT2D eigenvalue weighted by Crippen LogP contribution is -2.55. The SMILES string of the molecule is CCN(CC)C(=O)[C@@H](NC(=O)c1ccc(OC)cc1)C1CCN(C(=O)Nc2ccc(C)cc2)CC1. The highest BCUT2D eigenvalue weighted by atomic mass is 16.5. The molecule has 1 aliphatic rings. The predicted octanol–water partition coefficient (Wildman–Crippen LogP) is 3.91. The Morgan fingerprint density at radius 3 is 2.14 bits per heavy atom. The van der Waals surface area contributed by atoms with Crippen LogP contribution in [-0.2, 0) is 4.79 Å². The van der Waals surface area contributed by atoms with Gasteiger partial charge in [-0.25, -0.2) is 4.79 Å². The quantitative estimate of drug-likeness (QED) is 0.599. The first-order valence-electron chi connectivity index (χ1n) is 12.2. The first-order chi connectivity index (χ1) is 16.9. The number of rotatable bonds is 8. The van der Waals surface area contributed by atoms with Crippen molar-refractivity contribution < 1.29 is 19.1 Å². The number of piperidine rings is 1. The topological polar surface area (TPSA) is 91.0 Å². The molecule has 188 valence electrons. The van der Waals surface area contributed by atoms with E-state index in [2.05, 4.69) is 10.6 Å². The van der Waals surface area contributed by atoms with E-state index < -0.39 is 6.04 Å². The van der Waals surface area contributed by atoms with Gasteiger partial charge in [0.2, 0.25) is 5.91 Å². The number of nitrogens with one attached hydrogen (secondary N) is 2. The van der Waals surface area contributed by atoms with E-state index >= 15 is 0 Å². The van der Waals surface area contributed by atoms with Gasteiger partial charge in [-0.05, 0) is 75.9 Å². The van der Waals surface area contributed by atoms with Gasteiger partial charge in [-0.15, -0.1) is 0 Å². The number of methoxy groups -OCH3 is 1. The van der Waals surface area contributed by atoms with E-state index in [4.69, 9.17) is 4.74 Å². The van der Waals surface area contributed by atoms with Crippen molar-refractivity contribution in [2.45, 2.75) is 39.7 Å². The van der Waals surface area contributed by atoms with Crippen LogP contribution >= 0.6 is 0 Å². The molecule has 0 aromatic heterocycles. The normalized spacial score (nSPS) is 14.7. The number of ether oxygens (including phenoxy) is 1. The van der Waals surface area contributed by atoms with Gasteiger partial charge >= 0.3 is 6.03 Å². The van der Waals surface area contributed by atoms with Crippen molar-refractivity contribution in [3.63, 3.8) is 0 Å². The molecule has 4 amide bonds. The van der Waals surface area contributed by atoms with Gasteiger partial charge < -0.3 is 25.2 Å². The first kappa shape index (κ1) is 26.1. The fraction of sp³-hybridized carbons (Fsp3) is 0.444. The second-order valence-corrected chi connectivity index (χ2v) is 8.81. The maximum absolute atomic E-state index is 13.4. The van der Waals surface area contributed by atoms with Gasteiger partial charge in [0.05, 0.1) is 7.11 Å². The average molecular weight is 481 g/mol. The smallest absolute Gasteiger partial charge is 0.321 e. The molecule has 0 radical (unpaired) electrons. The van der Waals surface area contributed by atoms with Crippen molar-refractivity contribution in [3.8, 4) is 5.75 Å². The number of aryl methyl sites for hydroxylation is 1. The summed E-state index contributed by atoms with van der Waals surface area (Å²) in [5, 5.41) is 5.93. The van der Waals surface area contributed by atoms with Crippen LogP contribution in [0.2, 0.25) is 0 Å². The van der Waals surface area contributed by atoms with Crippen LogP contribution in [0.1, 0.15) is 42.6 Å². The van der Waals surface area contributed by atoms with Gasteiger partial charge in [-0.2, -0.15) is 0 Å². The van der Waals surface area contributed by atoms with Crippen LogP contribution in [0.3, 0.4) is 0 Å². The Labute approximate surface area is 207 Å². The van der Waals surface area contributed by atoms with Crippen LogP contribution in [0.5, 0.6) is 5.75 Å². The van der Waals surface area contributed by atoms with Crippen LogP contribution < -0.4 is 15.4 Å². The molecule has 0 aliphatic carbocycles. The summed E-state index contributed by atoms with van der Waals surface area (Å²) in [7, 11) is 1.57. The molecule has 35 heavy (non-hydrogen) atoms. The van der Waals surface area contributed by atoms with Gasteiger partial charge in [0.15, 0.2) is 0 Å². The highest BCUT2D eigenvalue weighted by Crippen LogP contribution is 2.24. The van der Waals surface area contributed by atoms with Crippen LogP contribution in [0.15, 0.2) is 48.5 Å². The van der Waals surface area contributed by atoms with Crippen LogP contribution in [0.25, 0.3) is 0 Å². The number of amides is 4. The Balaban J connectivity index is 1.67. The molecule has 2 N–H and O–H groups in total. The zero-order valence-corrected chi connectivity index (χ0v) is 21.0. The largest absolute Gasteiger partial charge is 0.497 e. The summed E-state index contributed by atoms with van der Waals surface area (Å²) in [4.78, 5) is 42.6. The molecule has 1 heterocycles. The third-order valence-electron chi connectivity index (χ3n) is 6.58. The second-order valence-electron chi connectivity index (χ2n) is 8.81. The Morgan fingerprint density at radius 1 is 1.00 bits per heavy atom. The average Bonchev–Trinajstić information content (AvgIpc) is 2.89. The second kappa shape index (κ2) is 12.2. The molecule has 1 aliphatic heterocycles. The van der Waals surface area contributed by atoms with Gasteiger partial charge in [0, 0.05) is 37.4 Å². The molecule has 0 unspecified atom stereocenters. The monoisotopic (exact) mass is 480 g/mol. The zero-order chi connectivity index (χ0) is 25.4. The molecule has 8 nitrogen and oxygen atoms in total. The summed E-state index contributed by atoms with van der Waals surface area (Å²) in [6.45, 7) is 8.04. The summed E-state index contributed by atoms with van der Waals surface area (Å²) in [6, 6.07) is 13.7. The molecule has 8 heteroatoms. The van der Waals surface area contributed by atoms with Crippen molar-refractivity contribution in [3.05, 3.63) is 59.7 Å². The molecule has 0 spiro atoms. The highest BCUT2D eigenvalue weighted by molar-refractivity contribution is 5.97. The number of hydrogen-bond donors (Lipinski definition) is 2. The lowest BCUT2D eigenvalue weighted by molar-refractivity contribution is -0.134. The van der Waals surface area contributed by atoms with E-state index in [9.17, 15) is 14.4 Å². The van der Waals surface area contributed by atoms with Gasteiger partial charge in [-0.1, -0.05) is 17.7 Å². The molecule has 1 fully saturated rings. The molecule has 2 aromatic rings. The summed E-state index contributed by atoms with van der Waals surface area (Å²) in [5.41, 5.74) is 2.35. The maximum atomic E-state index is 13.4.